The highest BCUT2D eigenvalue weighted by Crippen LogP contribution is 2.47. The number of carbonyl (C=O) groups is 2. The number of hydrogen-bond acceptors (Lipinski definition) is 6. The normalized spacial score (nSPS) is 19.6. The molecule has 1 aliphatic carbocycles. The van der Waals surface area contributed by atoms with Gasteiger partial charge in [-0.05, 0) is 93.6 Å². The monoisotopic (exact) mass is 504 g/mol. The van der Waals surface area contributed by atoms with Crippen LogP contribution in [0.2, 0.25) is 0 Å². The minimum Gasteiger partial charge on any atom is -0.444 e. The third-order valence-corrected chi connectivity index (χ3v) is 6.73. The van der Waals surface area contributed by atoms with Crippen molar-refractivity contribution in [2.24, 2.45) is 5.41 Å². The quantitative estimate of drug-likeness (QED) is 0.375. The molecule has 4 rings (SSSR count). The van der Waals surface area contributed by atoms with Gasteiger partial charge in [0.2, 0.25) is 0 Å². The zero-order chi connectivity index (χ0) is 26.8. The zero-order valence-electron chi connectivity index (χ0n) is 21.7. The Kier molecular flexibility index (Phi) is 7.30. The van der Waals surface area contributed by atoms with Crippen LogP contribution in [0.1, 0.15) is 56.6 Å². The lowest BCUT2D eigenvalue weighted by atomic mass is 9.65. The highest BCUT2D eigenvalue weighted by atomic mass is 19.1. The van der Waals surface area contributed by atoms with Crippen LogP contribution in [0.3, 0.4) is 0 Å². The van der Waals surface area contributed by atoms with Crippen LogP contribution >= 0.6 is 0 Å². The van der Waals surface area contributed by atoms with Gasteiger partial charge in [0.1, 0.15) is 17.1 Å². The van der Waals surface area contributed by atoms with E-state index in [1.165, 1.54) is 18.3 Å². The molecule has 2 heterocycles. The van der Waals surface area contributed by atoms with E-state index >= 15 is 0 Å². The topological polar surface area (TPSA) is 95.4 Å². The van der Waals surface area contributed by atoms with Gasteiger partial charge in [0.25, 0.3) is 0 Å². The van der Waals surface area contributed by atoms with E-state index < -0.39 is 17.1 Å². The Balaban J connectivity index is 1.75. The number of Topliss-reactive ketones (excluding diaryl/α,β-unsaturated/α-hetero) is 1. The van der Waals surface area contributed by atoms with Crippen LogP contribution in [0.25, 0.3) is 0 Å². The molecule has 2 N–H and O–H groups in total. The number of ether oxygens (including phenoxy) is 1. The Morgan fingerprint density at radius 2 is 1.97 bits per heavy atom. The van der Waals surface area contributed by atoms with Crippen LogP contribution in [0.4, 0.5) is 14.9 Å². The fourth-order valence-electron chi connectivity index (χ4n) is 4.85. The van der Waals surface area contributed by atoms with Crippen LogP contribution in [-0.4, -0.2) is 46.7 Å². The molecule has 1 aromatic carbocycles. The molecule has 37 heavy (non-hydrogen) atoms. The maximum Gasteiger partial charge on any atom is 0.410 e. The molecule has 0 bridgehead atoms. The minimum absolute atomic E-state index is 0.131. The summed E-state index contributed by atoms with van der Waals surface area (Å²) in [6.07, 6.45) is 5.76. The maximum atomic E-state index is 14.2. The number of amides is 1. The number of pyridine rings is 1. The number of aryl methyl sites for hydroxylation is 1. The largest absolute Gasteiger partial charge is 0.444 e. The van der Waals surface area contributed by atoms with Gasteiger partial charge >= 0.3 is 6.09 Å². The van der Waals surface area contributed by atoms with Gasteiger partial charge < -0.3 is 20.4 Å². The first-order valence-corrected chi connectivity index (χ1v) is 12.5. The number of likely N-dealkylation sites (tertiary alicyclic amines) is 1. The predicted octanol–water partition coefficient (Wildman–Crippen LogP) is 5.94. The molecule has 0 saturated carbocycles. The van der Waals surface area contributed by atoms with E-state index in [9.17, 15) is 14.0 Å². The number of fused-ring (bicyclic) bond motifs is 1. The smallest absolute Gasteiger partial charge is 0.410 e. The minimum atomic E-state index is -1.07. The second-order valence-corrected chi connectivity index (χ2v) is 10.5. The first-order valence-electron chi connectivity index (χ1n) is 12.5. The van der Waals surface area contributed by atoms with Crippen molar-refractivity contribution in [3.05, 3.63) is 82.6 Å². The van der Waals surface area contributed by atoms with Gasteiger partial charge in [0, 0.05) is 36.9 Å². The lowest BCUT2D eigenvalue weighted by Crippen LogP contribution is -2.53. The molecule has 0 spiro atoms. The summed E-state index contributed by atoms with van der Waals surface area (Å²) in [6, 6.07) is 9.67. The summed E-state index contributed by atoms with van der Waals surface area (Å²) >= 11 is 0. The number of allylic oxidation sites excluding steroid dienone is 2. The number of hydrogen-bond donors (Lipinski definition) is 2. The first-order chi connectivity index (χ1) is 17.5. The van der Waals surface area contributed by atoms with E-state index in [4.69, 9.17) is 10.1 Å². The van der Waals surface area contributed by atoms with E-state index in [1.54, 1.807) is 29.3 Å². The highest BCUT2D eigenvalue weighted by Gasteiger charge is 2.50. The zero-order valence-corrected chi connectivity index (χ0v) is 21.7. The van der Waals surface area contributed by atoms with Crippen molar-refractivity contribution in [3.8, 4) is 0 Å². The Hall–Kier alpha value is -3.81. The molecule has 0 radical (unpaired) electrons. The standard InChI is InChI=1S/C29H33FN4O3/c1-5-19-10-12-32-25(14-19)26(35)29-16-20(17-31)24(33-23-8-6-22(30)7-9-23)15-21(29)11-13-34(18-29)27(36)37-28(2,3)4/h6-10,12,14-15,17,31,33H,5,11,13,16,18H2,1-4H3. The van der Waals surface area contributed by atoms with Gasteiger partial charge in [0.05, 0.1) is 5.41 Å². The maximum absolute atomic E-state index is 14.2. The summed E-state index contributed by atoms with van der Waals surface area (Å²) in [6.45, 7) is 7.98. The molecule has 194 valence electrons. The number of halogens is 1. The lowest BCUT2D eigenvalue weighted by molar-refractivity contribution is 0.0137. The predicted molar refractivity (Wildman–Crippen MR) is 141 cm³/mol. The first kappa shape index (κ1) is 26.3. The summed E-state index contributed by atoms with van der Waals surface area (Å²) in [5, 5.41) is 11.4. The van der Waals surface area contributed by atoms with Crippen LogP contribution in [0, 0.1) is 16.6 Å². The molecular weight excluding hydrogens is 471 g/mol. The van der Waals surface area contributed by atoms with E-state index in [1.807, 2.05) is 39.8 Å². The number of anilines is 1. The number of rotatable bonds is 6. The number of ketones is 1. The van der Waals surface area contributed by atoms with Crippen molar-refractivity contribution in [2.45, 2.75) is 52.6 Å². The van der Waals surface area contributed by atoms with E-state index in [-0.39, 0.29) is 24.6 Å². The van der Waals surface area contributed by atoms with Crippen LogP contribution in [0.5, 0.6) is 0 Å². The number of aromatic nitrogens is 1. The average Bonchev–Trinajstić information content (AvgIpc) is 2.87. The molecule has 1 amide bonds. The Morgan fingerprint density at radius 1 is 1.24 bits per heavy atom. The van der Waals surface area contributed by atoms with Crippen molar-refractivity contribution in [1.82, 2.24) is 9.88 Å². The van der Waals surface area contributed by atoms with Gasteiger partial charge in [-0.2, -0.15) is 0 Å². The van der Waals surface area contributed by atoms with Gasteiger partial charge in [-0.15, -0.1) is 0 Å². The summed E-state index contributed by atoms with van der Waals surface area (Å²) < 4.78 is 19.0. The van der Waals surface area contributed by atoms with Crippen LogP contribution in [-0.2, 0) is 11.2 Å². The second kappa shape index (κ2) is 10.3. The molecule has 8 heteroatoms. The number of benzene rings is 1. The fourth-order valence-corrected chi connectivity index (χ4v) is 4.85. The Morgan fingerprint density at radius 3 is 2.62 bits per heavy atom. The molecule has 7 nitrogen and oxygen atoms in total. The molecular formula is C29H33FN4O3. The number of nitrogens with zero attached hydrogens (tertiary/aromatic N) is 2. The summed E-state index contributed by atoms with van der Waals surface area (Å²) in [4.78, 5) is 33.2. The summed E-state index contributed by atoms with van der Waals surface area (Å²) in [7, 11) is 0. The highest BCUT2D eigenvalue weighted by molar-refractivity contribution is 6.03. The Bertz CT molecular complexity index is 1280. The van der Waals surface area contributed by atoms with E-state index in [0.717, 1.165) is 17.6 Å². The molecule has 2 aromatic rings. The van der Waals surface area contributed by atoms with E-state index in [0.29, 0.717) is 35.6 Å². The number of piperidine rings is 1. The van der Waals surface area contributed by atoms with Crippen molar-refractivity contribution >= 4 is 23.8 Å². The number of carbonyl (C=O) groups excluding carboxylic acids is 2. The van der Waals surface area contributed by atoms with Crippen molar-refractivity contribution in [3.63, 3.8) is 0 Å². The second-order valence-electron chi connectivity index (χ2n) is 10.5. The molecule has 1 atom stereocenters. The summed E-state index contributed by atoms with van der Waals surface area (Å²) in [5.41, 5.74) is 2.44. The van der Waals surface area contributed by atoms with Crippen molar-refractivity contribution in [2.75, 3.05) is 18.4 Å². The third-order valence-electron chi connectivity index (χ3n) is 6.73. The lowest BCUT2D eigenvalue weighted by Gasteiger charge is -2.46. The summed E-state index contributed by atoms with van der Waals surface area (Å²) in [5.74, 6) is -0.516. The molecule has 1 saturated heterocycles. The molecule has 1 unspecified atom stereocenters. The van der Waals surface area contributed by atoms with Gasteiger partial charge in [-0.3, -0.25) is 9.78 Å². The molecule has 1 fully saturated rings. The van der Waals surface area contributed by atoms with Crippen LogP contribution < -0.4 is 5.32 Å². The third kappa shape index (κ3) is 5.63. The van der Waals surface area contributed by atoms with Crippen molar-refractivity contribution < 1.29 is 18.7 Å². The Labute approximate surface area is 216 Å². The SMILES string of the molecule is CCc1ccnc(C(=O)C23CC(C=N)=C(Nc4ccc(F)cc4)C=C2CCN(C(=O)OC(C)(C)C)C3)c1. The number of nitrogens with one attached hydrogen (secondary N) is 2. The van der Waals surface area contributed by atoms with Crippen molar-refractivity contribution in [1.29, 1.82) is 5.41 Å². The van der Waals surface area contributed by atoms with Crippen LogP contribution in [0.15, 0.2) is 65.5 Å². The average molecular weight is 505 g/mol. The fraction of sp³-hybridized carbons (Fsp3) is 0.379. The molecule has 1 aliphatic heterocycles. The van der Waals surface area contributed by atoms with E-state index in [2.05, 4.69) is 10.3 Å². The molecule has 2 aliphatic rings. The van der Waals surface area contributed by atoms with Gasteiger partial charge in [0.15, 0.2) is 5.78 Å². The van der Waals surface area contributed by atoms with Gasteiger partial charge in [-0.1, -0.05) is 12.5 Å². The van der Waals surface area contributed by atoms with Gasteiger partial charge in [-0.25, -0.2) is 9.18 Å². The molecule has 1 aromatic heterocycles.